The molecule has 0 radical (unpaired) electrons. The van der Waals surface area contributed by atoms with E-state index in [9.17, 15) is 9.59 Å². The number of hydrogen-bond acceptors (Lipinski definition) is 7. The lowest BCUT2D eigenvalue weighted by atomic mass is 10.2. The average Bonchev–Trinajstić information content (AvgIpc) is 3.01. The van der Waals surface area contributed by atoms with E-state index in [0.717, 1.165) is 0 Å². The molecule has 3 aromatic heterocycles. The molecule has 0 saturated carbocycles. The molecule has 0 saturated heterocycles. The minimum absolute atomic E-state index is 0.107. The predicted molar refractivity (Wildman–Crippen MR) is 94.3 cm³/mol. The monoisotopic (exact) mass is 350 g/mol. The number of rotatable bonds is 3. The van der Waals surface area contributed by atoms with Crippen LogP contribution in [0.3, 0.4) is 0 Å². The van der Waals surface area contributed by atoms with E-state index in [4.69, 9.17) is 10.5 Å². The van der Waals surface area contributed by atoms with E-state index in [1.54, 1.807) is 49.5 Å². The second kappa shape index (κ2) is 5.96. The number of fused-ring (bicyclic) bond motifs is 3. The van der Waals surface area contributed by atoms with Gasteiger partial charge in [-0.2, -0.15) is 4.68 Å². The van der Waals surface area contributed by atoms with Crippen LogP contribution < -0.4 is 11.4 Å². The third-order valence-corrected chi connectivity index (χ3v) is 3.86. The maximum Gasteiger partial charge on any atom is 0.355 e. The first-order valence-corrected chi connectivity index (χ1v) is 7.89. The Labute approximate surface area is 146 Å². The maximum atomic E-state index is 12.9. The summed E-state index contributed by atoms with van der Waals surface area (Å²) < 4.78 is 7.52. The van der Waals surface area contributed by atoms with Crippen molar-refractivity contribution < 1.29 is 9.53 Å². The van der Waals surface area contributed by atoms with Gasteiger partial charge in [0, 0.05) is 6.20 Å². The number of nitrogens with zero attached hydrogens (tertiary/aromatic N) is 5. The molecule has 0 aliphatic rings. The zero-order chi connectivity index (χ0) is 18.3. The molecule has 130 valence electrons. The van der Waals surface area contributed by atoms with Crippen LogP contribution in [0, 0.1) is 0 Å². The Balaban J connectivity index is 1.89. The number of ether oxygens (including phenoxy) is 1. The molecule has 3 heterocycles. The van der Waals surface area contributed by atoms with Crippen LogP contribution in [-0.4, -0.2) is 36.7 Å². The van der Waals surface area contributed by atoms with Crippen molar-refractivity contribution in [3.63, 3.8) is 0 Å². The SMILES string of the molecule is CCOC(=O)c1ccc(-n2nc3c(N)nc4ncccc4n3c2=O)cc1. The van der Waals surface area contributed by atoms with E-state index in [0.29, 0.717) is 29.0 Å². The Morgan fingerprint density at radius 1 is 1.23 bits per heavy atom. The number of nitrogen functional groups attached to an aromatic ring is 1. The highest BCUT2D eigenvalue weighted by Gasteiger charge is 2.16. The van der Waals surface area contributed by atoms with Crippen LogP contribution in [0.2, 0.25) is 0 Å². The molecule has 0 fully saturated rings. The molecule has 9 heteroatoms. The minimum Gasteiger partial charge on any atom is -0.462 e. The summed E-state index contributed by atoms with van der Waals surface area (Å²) in [7, 11) is 0. The number of nitrogens with two attached hydrogens (primary N) is 1. The lowest BCUT2D eigenvalue weighted by molar-refractivity contribution is 0.0526. The van der Waals surface area contributed by atoms with Gasteiger partial charge in [0.1, 0.15) is 0 Å². The fourth-order valence-electron chi connectivity index (χ4n) is 2.69. The number of esters is 1. The summed E-state index contributed by atoms with van der Waals surface area (Å²) in [6, 6.07) is 9.81. The van der Waals surface area contributed by atoms with Crippen LogP contribution in [0.4, 0.5) is 5.82 Å². The van der Waals surface area contributed by atoms with Crippen molar-refractivity contribution in [2.24, 2.45) is 0 Å². The van der Waals surface area contributed by atoms with Gasteiger partial charge in [-0.1, -0.05) is 0 Å². The summed E-state index contributed by atoms with van der Waals surface area (Å²) in [4.78, 5) is 32.9. The maximum absolute atomic E-state index is 12.9. The highest BCUT2D eigenvalue weighted by Crippen LogP contribution is 2.16. The molecule has 0 spiro atoms. The molecule has 2 N–H and O–H groups in total. The van der Waals surface area contributed by atoms with Crippen LogP contribution in [0.15, 0.2) is 47.4 Å². The van der Waals surface area contributed by atoms with Gasteiger partial charge in [0.25, 0.3) is 0 Å². The Morgan fingerprint density at radius 2 is 2.00 bits per heavy atom. The van der Waals surface area contributed by atoms with Gasteiger partial charge in [-0.3, -0.25) is 0 Å². The number of benzene rings is 1. The number of hydrogen-bond donors (Lipinski definition) is 1. The largest absolute Gasteiger partial charge is 0.462 e. The van der Waals surface area contributed by atoms with E-state index in [-0.39, 0.29) is 11.5 Å². The topological polar surface area (TPSA) is 117 Å². The van der Waals surface area contributed by atoms with Crippen LogP contribution in [0.5, 0.6) is 0 Å². The Morgan fingerprint density at radius 3 is 2.73 bits per heavy atom. The van der Waals surface area contributed by atoms with Gasteiger partial charge in [0.15, 0.2) is 11.5 Å². The summed E-state index contributed by atoms with van der Waals surface area (Å²) in [5.41, 5.74) is 7.52. The summed E-state index contributed by atoms with van der Waals surface area (Å²) in [6.07, 6.45) is 1.57. The summed E-state index contributed by atoms with van der Waals surface area (Å²) in [6.45, 7) is 2.03. The third kappa shape index (κ3) is 2.37. The normalized spacial score (nSPS) is 11.1. The van der Waals surface area contributed by atoms with Crippen molar-refractivity contribution in [2.45, 2.75) is 6.92 Å². The van der Waals surface area contributed by atoms with E-state index in [1.165, 1.54) is 9.08 Å². The lowest BCUT2D eigenvalue weighted by Crippen LogP contribution is -2.20. The minimum atomic E-state index is -0.424. The van der Waals surface area contributed by atoms with Crippen molar-refractivity contribution in [1.82, 2.24) is 24.1 Å². The highest BCUT2D eigenvalue weighted by molar-refractivity contribution is 5.89. The first-order chi connectivity index (χ1) is 12.6. The van der Waals surface area contributed by atoms with E-state index in [1.807, 2.05) is 0 Å². The standard InChI is InChI=1S/C17H14N6O3/c1-2-26-16(24)10-5-7-11(8-6-10)23-17(25)22-12-4-3-9-19-14(12)20-13(18)15(22)21-23/h3-9H,2H2,1H3,(H2,18,19,20). The molecule has 4 aromatic rings. The average molecular weight is 350 g/mol. The molecule has 0 unspecified atom stereocenters. The van der Waals surface area contributed by atoms with Crippen molar-refractivity contribution in [1.29, 1.82) is 0 Å². The van der Waals surface area contributed by atoms with E-state index in [2.05, 4.69) is 15.1 Å². The molecular weight excluding hydrogens is 336 g/mol. The molecule has 9 nitrogen and oxygen atoms in total. The van der Waals surface area contributed by atoms with Crippen LogP contribution in [0.25, 0.3) is 22.5 Å². The van der Waals surface area contributed by atoms with Gasteiger partial charge in [0.05, 0.1) is 23.4 Å². The lowest BCUT2D eigenvalue weighted by Gasteiger charge is -2.03. The Hall–Kier alpha value is -3.75. The molecular formula is C17H14N6O3. The van der Waals surface area contributed by atoms with Gasteiger partial charge in [-0.15, -0.1) is 5.10 Å². The molecule has 0 aliphatic carbocycles. The van der Waals surface area contributed by atoms with Crippen molar-refractivity contribution in [3.05, 3.63) is 58.6 Å². The first-order valence-electron chi connectivity index (χ1n) is 7.89. The van der Waals surface area contributed by atoms with Crippen molar-refractivity contribution >= 4 is 28.6 Å². The summed E-state index contributed by atoms with van der Waals surface area (Å²) in [5.74, 6) is -0.317. The molecule has 1 aromatic carbocycles. The van der Waals surface area contributed by atoms with Crippen LogP contribution >= 0.6 is 0 Å². The van der Waals surface area contributed by atoms with Gasteiger partial charge in [-0.05, 0) is 43.3 Å². The number of carbonyl (C=O) groups excluding carboxylic acids is 1. The zero-order valence-electron chi connectivity index (χ0n) is 13.8. The molecule has 4 rings (SSSR count). The quantitative estimate of drug-likeness (QED) is 0.551. The number of pyridine rings is 1. The van der Waals surface area contributed by atoms with Gasteiger partial charge in [0.2, 0.25) is 5.65 Å². The smallest absolute Gasteiger partial charge is 0.355 e. The summed E-state index contributed by atoms with van der Waals surface area (Å²) >= 11 is 0. The molecule has 0 bridgehead atoms. The van der Waals surface area contributed by atoms with Crippen LogP contribution in [-0.2, 0) is 4.74 Å². The van der Waals surface area contributed by atoms with E-state index < -0.39 is 11.7 Å². The second-order valence-corrected chi connectivity index (χ2v) is 5.46. The number of aromatic nitrogens is 5. The van der Waals surface area contributed by atoms with Crippen molar-refractivity contribution in [2.75, 3.05) is 12.3 Å². The second-order valence-electron chi connectivity index (χ2n) is 5.46. The predicted octanol–water partition coefficient (Wildman–Crippen LogP) is 1.19. The van der Waals surface area contributed by atoms with Gasteiger partial charge < -0.3 is 10.5 Å². The molecule has 0 amide bonds. The van der Waals surface area contributed by atoms with E-state index >= 15 is 0 Å². The van der Waals surface area contributed by atoms with Gasteiger partial charge >= 0.3 is 11.7 Å². The molecule has 26 heavy (non-hydrogen) atoms. The van der Waals surface area contributed by atoms with Crippen LogP contribution in [0.1, 0.15) is 17.3 Å². The third-order valence-electron chi connectivity index (χ3n) is 3.86. The Bertz CT molecular complexity index is 1190. The Kier molecular flexibility index (Phi) is 3.61. The first kappa shape index (κ1) is 15.8. The summed E-state index contributed by atoms with van der Waals surface area (Å²) in [5, 5.41) is 4.28. The van der Waals surface area contributed by atoms with Gasteiger partial charge in [-0.25, -0.2) is 24.0 Å². The fraction of sp³-hybridized carbons (Fsp3) is 0.118. The number of carbonyl (C=O) groups is 1. The van der Waals surface area contributed by atoms with Crippen molar-refractivity contribution in [3.8, 4) is 5.69 Å². The molecule has 0 atom stereocenters. The molecule has 0 aliphatic heterocycles. The fourth-order valence-corrected chi connectivity index (χ4v) is 2.69. The highest BCUT2D eigenvalue weighted by atomic mass is 16.5. The zero-order valence-corrected chi connectivity index (χ0v) is 13.8. The number of anilines is 1.